The second-order valence-corrected chi connectivity index (χ2v) is 3.84. The highest BCUT2D eigenvalue weighted by Crippen LogP contribution is 2.25. The molecule has 1 aromatic carbocycles. The van der Waals surface area contributed by atoms with E-state index in [-0.39, 0.29) is 17.4 Å². The fourth-order valence-corrected chi connectivity index (χ4v) is 1.43. The van der Waals surface area contributed by atoms with Gasteiger partial charge >= 0.3 is 0 Å². The summed E-state index contributed by atoms with van der Waals surface area (Å²) in [5.74, 6) is 0. The Balaban J connectivity index is 3.04. The van der Waals surface area contributed by atoms with Gasteiger partial charge < -0.3 is 5.73 Å². The van der Waals surface area contributed by atoms with Gasteiger partial charge in [-0.15, -0.1) is 0 Å². The molecule has 0 bridgehead atoms. The molecule has 0 radical (unpaired) electrons. The number of nitro groups is 2. The van der Waals surface area contributed by atoms with Gasteiger partial charge in [-0.3, -0.25) is 20.2 Å². The Morgan fingerprint density at radius 1 is 1.29 bits per heavy atom. The van der Waals surface area contributed by atoms with Crippen LogP contribution in [0, 0.1) is 20.2 Å². The summed E-state index contributed by atoms with van der Waals surface area (Å²) in [6.45, 7) is 1.80. The topological polar surface area (TPSA) is 112 Å². The summed E-state index contributed by atoms with van der Waals surface area (Å²) in [5, 5.41) is 21.3. The molecule has 0 saturated carbocycles. The Labute approximate surface area is 97.5 Å². The molecule has 7 heteroatoms. The predicted octanol–water partition coefficient (Wildman–Crippen LogP) is 1.78. The third kappa shape index (κ3) is 3.49. The van der Waals surface area contributed by atoms with Crippen molar-refractivity contribution in [3.63, 3.8) is 0 Å². The summed E-state index contributed by atoms with van der Waals surface area (Å²) in [7, 11) is 0. The van der Waals surface area contributed by atoms with Crippen molar-refractivity contribution in [2.75, 3.05) is 0 Å². The molecule has 1 unspecified atom stereocenters. The first-order chi connectivity index (χ1) is 7.91. The van der Waals surface area contributed by atoms with Crippen LogP contribution in [0.15, 0.2) is 18.2 Å². The summed E-state index contributed by atoms with van der Waals surface area (Å²) in [6.07, 6.45) is 1.03. The van der Waals surface area contributed by atoms with Crippen molar-refractivity contribution in [3.8, 4) is 0 Å². The van der Waals surface area contributed by atoms with Crippen LogP contribution in [0.3, 0.4) is 0 Å². The van der Waals surface area contributed by atoms with Crippen molar-refractivity contribution in [1.82, 2.24) is 0 Å². The van der Waals surface area contributed by atoms with E-state index in [9.17, 15) is 20.2 Å². The molecule has 0 spiro atoms. The van der Waals surface area contributed by atoms with Crippen LogP contribution in [0.5, 0.6) is 0 Å². The highest BCUT2D eigenvalue weighted by molar-refractivity contribution is 5.49. The number of nitro benzene ring substituents is 2. The molecule has 92 valence electrons. The minimum absolute atomic E-state index is 0.0650. The summed E-state index contributed by atoms with van der Waals surface area (Å²) < 4.78 is 0. The van der Waals surface area contributed by atoms with Crippen molar-refractivity contribution >= 4 is 11.4 Å². The summed E-state index contributed by atoms with van der Waals surface area (Å²) in [4.78, 5) is 20.1. The van der Waals surface area contributed by atoms with Crippen LogP contribution in [-0.2, 0) is 6.42 Å². The molecule has 17 heavy (non-hydrogen) atoms. The van der Waals surface area contributed by atoms with Crippen molar-refractivity contribution in [2.45, 2.75) is 25.8 Å². The highest BCUT2D eigenvalue weighted by atomic mass is 16.6. The van der Waals surface area contributed by atoms with E-state index in [1.165, 1.54) is 12.1 Å². The van der Waals surface area contributed by atoms with E-state index in [0.717, 1.165) is 6.07 Å². The average molecular weight is 239 g/mol. The smallest absolute Gasteiger partial charge is 0.279 e. The average Bonchev–Trinajstić information content (AvgIpc) is 2.25. The molecule has 0 heterocycles. The van der Waals surface area contributed by atoms with Gasteiger partial charge in [-0.1, -0.05) is 0 Å². The minimum Gasteiger partial charge on any atom is -0.328 e. The zero-order valence-electron chi connectivity index (χ0n) is 9.33. The van der Waals surface area contributed by atoms with Crippen molar-refractivity contribution in [1.29, 1.82) is 0 Å². The van der Waals surface area contributed by atoms with Gasteiger partial charge in [-0.2, -0.15) is 0 Å². The normalized spacial score (nSPS) is 12.1. The SMILES string of the molecule is CC(N)CCc1ccc([N+](=O)[O-])cc1[N+](=O)[O-]. The Kier molecular flexibility index (Phi) is 4.11. The fourth-order valence-electron chi connectivity index (χ4n) is 1.43. The summed E-state index contributed by atoms with van der Waals surface area (Å²) >= 11 is 0. The van der Waals surface area contributed by atoms with E-state index in [2.05, 4.69) is 0 Å². The van der Waals surface area contributed by atoms with Gasteiger partial charge in [-0.05, 0) is 25.8 Å². The monoisotopic (exact) mass is 239 g/mol. The fraction of sp³-hybridized carbons (Fsp3) is 0.400. The molecular weight excluding hydrogens is 226 g/mol. The van der Waals surface area contributed by atoms with Crippen LogP contribution in [0.1, 0.15) is 18.9 Å². The molecule has 1 rings (SSSR count). The predicted molar refractivity (Wildman–Crippen MR) is 61.7 cm³/mol. The third-order valence-corrected chi connectivity index (χ3v) is 2.35. The molecule has 0 aliphatic carbocycles. The highest BCUT2D eigenvalue weighted by Gasteiger charge is 2.19. The van der Waals surface area contributed by atoms with Gasteiger partial charge in [0.05, 0.1) is 15.9 Å². The Bertz CT molecular complexity index is 445. The summed E-state index contributed by atoms with van der Waals surface area (Å²) in [5.41, 5.74) is 5.54. The van der Waals surface area contributed by atoms with Crippen LogP contribution >= 0.6 is 0 Å². The van der Waals surface area contributed by atoms with E-state index in [1.54, 1.807) is 6.92 Å². The number of aryl methyl sites for hydroxylation is 1. The zero-order chi connectivity index (χ0) is 13.0. The molecule has 1 atom stereocenters. The third-order valence-electron chi connectivity index (χ3n) is 2.35. The van der Waals surface area contributed by atoms with Crippen LogP contribution < -0.4 is 5.73 Å². The van der Waals surface area contributed by atoms with E-state index >= 15 is 0 Å². The van der Waals surface area contributed by atoms with Gasteiger partial charge in [-0.25, -0.2) is 0 Å². The maximum absolute atomic E-state index is 10.8. The summed E-state index contributed by atoms with van der Waals surface area (Å²) in [6, 6.07) is 3.60. The lowest BCUT2D eigenvalue weighted by molar-refractivity contribution is -0.394. The van der Waals surface area contributed by atoms with Crippen molar-refractivity contribution < 1.29 is 9.85 Å². The molecule has 0 aliphatic heterocycles. The van der Waals surface area contributed by atoms with E-state index in [1.807, 2.05) is 0 Å². The van der Waals surface area contributed by atoms with Gasteiger partial charge in [0.1, 0.15) is 0 Å². The van der Waals surface area contributed by atoms with Gasteiger partial charge in [0.2, 0.25) is 0 Å². The number of nitrogens with zero attached hydrogens (tertiary/aromatic N) is 2. The van der Waals surface area contributed by atoms with Gasteiger partial charge in [0.25, 0.3) is 11.4 Å². The Morgan fingerprint density at radius 3 is 2.41 bits per heavy atom. The van der Waals surface area contributed by atoms with Gasteiger partial charge in [0, 0.05) is 17.7 Å². The first kappa shape index (κ1) is 13.0. The largest absolute Gasteiger partial charge is 0.328 e. The van der Waals surface area contributed by atoms with Crippen molar-refractivity contribution in [3.05, 3.63) is 44.0 Å². The lowest BCUT2D eigenvalue weighted by Crippen LogP contribution is -2.15. The van der Waals surface area contributed by atoms with Crippen LogP contribution in [0.25, 0.3) is 0 Å². The Hall–Kier alpha value is -2.02. The lowest BCUT2D eigenvalue weighted by atomic mass is 10.0. The minimum atomic E-state index is -0.650. The number of nitrogens with two attached hydrogens (primary N) is 1. The first-order valence-electron chi connectivity index (χ1n) is 5.09. The number of non-ortho nitro benzene ring substituents is 1. The standard InChI is InChI=1S/C10H13N3O4/c1-7(11)2-3-8-4-5-9(12(14)15)6-10(8)13(16)17/h4-7H,2-3,11H2,1H3. The first-order valence-corrected chi connectivity index (χ1v) is 5.09. The molecule has 1 aromatic rings. The van der Waals surface area contributed by atoms with Crippen LogP contribution in [-0.4, -0.2) is 15.9 Å². The molecular formula is C10H13N3O4. The molecule has 0 fully saturated rings. The quantitative estimate of drug-likeness (QED) is 0.621. The van der Waals surface area contributed by atoms with Gasteiger partial charge in [0.15, 0.2) is 0 Å². The number of hydrogen-bond acceptors (Lipinski definition) is 5. The van der Waals surface area contributed by atoms with E-state index in [4.69, 9.17) is 5.73 Å². The maximum atomic E-state index is 10.8. The Morgan fingerprint density at radius 2 is 1.94 bits per heavy atom. The number of rotatable bonds is 5. The van der Waals surface area contributed by atoms with Crippen molar-refractivity contribution in [2.24, 2.45) is 5.73 Å². The molecule has 0 amide bonds. The maximum Gasteiger partial charge on any atom is 0.279 e. The molecule has 7 nitrogen and oxygen atoms in total. The lowest BCUT2D eigenvalue weighted by Gasteiger charge is -2.05. The van der Waals surface area contributed by atoms with Crippen LogP contribution in [0.4, 0.5) is 11.4 Å². The second-order valence-electron chi connectivity index (χ2n) is 3.84. The molecule has 0 saturated heterocycles. The van der Waals surface area contributed by atoms with Crippen LogP contribution in [0.2, 0.25) is 0 Å². The van der Waals surface area contributed by atoms with E-state index in [0.29, 0.717) is 18.4 Å². The van der Waals surface area contributed by atoms with E-state index < -0.39 is 9.85 Å². The zero-order valence-corrected chi connectivity index (χ0v) is 9.33. The molecule has 2 N–H and O–H groups in total. The second kappa shape index (κ2) is 5.35. The number of hydrogen-bond donors (Lipinski definition) is 1. The number of benzene rings is 1. The molecule has 0 aliphatic rings. The molecule has 0 aromatic heterocycles.